The first-order valence-electron chi connectivity index (χ1n) is 11.7. The molecule has 2 heterocycles. The number of hydrogen-bond acceptors (Lipinski definition) is 3. The lowest BCUT2D eigenvalue weighted by Gasteiger charge is -2.41. The Labute approximate surface area is 189 Å². The average Bonchev–Trinajstić information content (AvgIpc) is 3.19. The van der Waals surface area contributed by atoms with Gasteiger partial charge in [-0.1, -0.05) is 55.5 Å². The van der Waals surface area contributed by atoms with E-state index < -0.39 is 5.41 Å². The summed E-state index contributed by atoms with van der Waals surface area (Å²) in [4.78, 5) is 31.8. The molecule has 0 saturated carbocycles. The highest BCUT2D eigenvalue weighted by Crippen LogP contribution is 2.40. The van der Waals surface area contributed by atoms with Gasteiger partial charge >= 0.3 is 5.97 Å². The van der Waals surface area contributed by atoms with Crippen molar-refractivity contribution in [1.82, 2.24) is 9.88 Å². The largest absolute Gasteiger partial charge is 0.462 e. The van der Waals surface area contributed by atoms with Crippen LogP contribution in [0, 0.1) is 5.41 Å². The molecule has 1 N–H and O–H groups in total. The number of ether oxygens (including phenoxy) is 1. The number of piperidine rings is 1. The van der Waals surface area contributed by atoms with Crippen LogP contribution in [0.15, 0.2) is 54.6 Å². The first kappa shape index (κ1) is 22.1. The molecule has 5 nitrogen and oxygen atoms in total. The first-order valence-corrected chi connectivity index (χ1v) is 11.7. The molecule has 1 aromatic heterocycles. The normalized spacial score (nSPS) is 18.8. The zero-order chi connectivity index (χ0) is 22.6. The van der Waals surface area contributed by atoms with Crippen molar-refractivity contribution in [1.29, 1.82) is 0 Å². The molecule has 0 bridgehead atoms. The van der Waals surface area contributed by atoms with Crippen molar-refractivity contribution >= 4 is 22.8 Å². The third-order valence-corrected chi connectivity index (χ3v) is 6.83. The number of aryl methyl sites for hydroxylation is 1. The second-order valence-corrected chi connectivity index (χ2v) is 8.69. The third kappa shape index (κ3) is 4.29. The van der Waals surface area contributed by atoms with Crippen molar-refractivity contribution in [3.8, 4) is 0 Å². The summed E-state index contributed by atoms with van der Waals surface area (Å²) >= 11 is 0. The van der Waals surface area contributed by atoms with Gasteiger partial charge in [0.25, 0.3) is 0 Å². The van der Waals surface area contributed by atoms with Gasteiger partial charge in [-0.05, 0) is 50.7 Å². The van der Waals surface area contributed by atoms with Crippen molar-refractivity contribution in [3.63, 3.8) is 0 Å². The highest BCUT2D eigenvalue weighted by Gasteiger charge is 2.42. The number of esters is 1. The number of carbonyl (C=O) groups is 2. The Morgan fingerprint density at radius 3 is 2.59 bits per heavy atom. The molecule has 0 aliphatic carbocycles. The van der Waals surface area contributed by atoms with Crippen LogP contribution in [0.1, 0.15) is 61.1 Å². The number of rotatable bonds is 8. The summed E-state index contributed by atoms with van der Waals surface area (Å²) < 4.78 is 5.35. The number of aromatic amines is 1. The number of fused-ring (bicyclic) bond motifs is 1. The van der Waals surface area contributed by atoms with Gasteiger partial charge in [0.2, 0.25) is 5.91 Å². The number of nitrogens with one attached hydrogen (secondary N) is 1. The van der Waals surface area contributed by atoms with Crippen molar-refractivity contribution in [2.45, 2.75) is 52.5 Å². The van der Waals surface area contributed by atoms with E-state index in [1.165, 1.54) is 0 Å². The molecule has 5 heteroatoms. The Hall–Kier alpha value is -3.08. The molecule has 4 rings (SSSR count). The smallest absolute Gasteiger partial charge is 0.340 e. The van der Waals surface area contributed by atoms with Gasteiger partial charge in [0.15, 0.2) is 0 Å². The van der Waals surface area contributed by atoms with E-state index in [1.807, 2.05) is 54.3 Å². The van der Waals surface area contributed by atoms with Crippen LogP contribution in [0.25, 0.3) is 10.9 Å². The number of hydrogen-bond donors (Lipinski definition) is 1. The van der Waals surface area contributed by atoms with E-state index in [0.29, 0.717) is 31.6 Å². The molecule has 1 saturated heterocycles. The highest BCUT2D eigenvalue weighted by atomic mass is 16.5. The number of para-hydroxylation sites is 1. The zero-order valence-corrected chi connectivity index (χ0v) is 19.0. The lowest BCUT2D eigenvalue weighted by Crippen LogP contribution is -2.48. The Balaban J connectivity index is 1.57. The second-order valence-electron chi connectivity index (χ2n) is 8.69. The van der Waals surface area contributed by atoms with Gasteiger partial charge in [-0.2, -0.15) is 0 Å². The van der Waals surface area contributed by atoms with Crippen LogP contribution in [-0.2, 0) is 22.5 Å². The van der Waals surface area contributed by atoms with E-state index in [-0.39, 0.29) is 11.9 Å². The summed E-state index contributed by atoms with van der Waals surface area (Å²) in [6, 6.07) is 18.0. The van der Waals surface area contributed by atoms with Gasteiger partial charge in [-0.25, -0.2) is 4.79 Å². The average molecular weight is 433 g/mol. The number of benzene rings is 2. The minimum atomic E-state index is -0.393. The maximum atomic E-state index is 13.6. The Bertz CT molecular complexity index is 1090. The lowest BCUT2D eigenvalue weighted by atomic mass is 9.73. The number of amides is 1. The summed E-state index contributed by atoms with van der Waals surface area (Å²) in [5, 5.41) is 0.882. The monoisotopic (exact) mass is 432 g/mol. The number of nitrogens with zero attached hydrogens (tertiary/aromatic N) is 1. The van der Waals surface area contributed by atoms with Crippen LogP contribution in [0.2, 0.25) is 0 Å². The fourth-order valence-corrected chi connectivity index (χ4v) is 5.03. The number of H-pyrrole nitrogens is 1. The summed E-state index contributed by atoms with van der Waals surface area (Å²) in [6.07, 6.45) is 4.05. The number of aromatic nitrogens is 1. The third-order valence-electron chi connectivity index (χ3n) is 6.83. The van der Waals surface area contributed by atoms with Gasteiger partial charge in [0, 0.05) is 35.1 Å². The topological polar surface area (TPSA) is 62.4 Å². The molecule has 168 valence electrons. The molecular formula is C27H32N2O3. The molecule has 1 amide bonds. The molecule has 2 aromatic carbocycles. The van der Waals surface area contributed by atoms with Crippen molar-refractivity contribution in [2.24, 2.45) is 5.41 Å². The first-order chi connectivity index (χ1) is 15.6. The van der Waals surface area contributed by atoms with Crippen LogP contribution >= 0.6 is 0 Å². The van der Waals surface area contributed by atoms with Gasteiger partial charge in [0.1, 0.15) is 0 Å². The van der Waals surface area contributed by atoms with E-state index in [1.54, 1.807) is 0 Å². The van der Waals surface area contributed by atoms with E-state index >= 15 is 0 Å². The van der Waals surface area contributed by atoms with Gasteiger partial charge in [-0.3, -0.25) is 4.79 Å². The van der Waals surface area contributed by atoms with Crippen molar-refractivity contribution < 1.29 is 14.3 Å². The minimum Gasteiger partial charge on any atom is -0.462 e. The maximum absolute atomic E-state index is 13.6. The minimum absolute atomic E-state index is 0.240. The standard InChI is InChI=1S/C27H32N2O3/c1-3-27(16-10-18-29(26(27)31)19-20-11-6-5-7-12-20)17-15-23-24(25(30)32-4-2)21-13-8-9-14-22(21)28-23/h5-9,11-14,28H,3-4,10,15-19H2,1-2H3. The van der Waals surface area contributed by atoms with Gasteiger partial charge in [-0.15, -0.1) is 0 Å². The molecular weight excluding hydrogens is 400 g/mol. The molecule has 1 aliphatic heterocycles. The molecule has 1 aliphatic rings. The SMILES string of the molecule is CCOC(=O)c1c(CCC2(CC)CCCN(Cc3ccccc3)C2=O)[nH]c2ccccc12. The fraction of sp³-hybridized carbons (Fsp3) is 0.407. The summed E-state index contributed by atoms with van der Waals surface area (Å²) in [7, 11) is 0. The van der Waals surface area contributed by atoms with Crippen molar-refractivity contribution in [2.75, 3.05) is 13.2 Å². The quantitative estimate of drug-likeness (QED) is 0.478. The Morgan fingerprint density at radius 1 is 1.09 bits per heavy atom. The lowest BCUT2D eigenvalue weighted by molar-refractivity contribution is -0.148. The van der Waals surface area contributed by atoms with Crippen molar-refractivity contribution in [3.05, 3.63) is 71.4 Å². The maximum Gasteiger partial charge on any atom is 0.340 e. The molecule has 3 aromatic rings. The predicted octanol–water partition coefficient (Wildman–Crippen LogP) is 5.50. The van der Waals surface area contributed by atoms with E-state index in [0.717, 1.165) is 48.0 Å². The van der Waals surface area contributed by atoms with Crippen LogP contribution in [0.5, 0.6) is 0 Å². The number of carbonyl (C=O) groups excluding carboxylic acids is 2. The molecule has 0 radical (unpaired) electrons. The Morgan fingerprint density at radius 2 is 1.84 bits per heavy atom. The van der Waals surface area contributed by atoms with Crippen LogP contribution < -0.4 is 0 Å². The Kier molecular flexibility index (Phi) is 6.63. The van der Waals surface area contributed by atoms with E-state index in [4.69, 9.17) is 4.74 Å². The molecule has 1 fully saturated rings. The van der Waals surface area contributed by atoms with Gasteiger partial charge in [0.05, 0.1) is 12.2 Å². The molecule has 1 unspecified atom stereocenters. The molecule has 32 heavy (non-hydrogen) atoms. The fourth-order valence-electron chi connectivity index (χ4n) is 5.03. The summed E-state index contributed by atoms with van der Waals surface area (Å²) in [5.41, 5.74) is 3.17. The molecule has 0 spiro atoms. The van der Waals surface area contributed by atoms with Crippen LogP contribution in [0.4, 0.5) is 0 Å². The van der Waals surface area contributed by atoms with E-state index in [9.17, 15) is 9.59 Å². The van der Waals surface area contributed by atoms with Crippen LogP contribution in [0.3, 0.4) is 0 Å². The number of likely N-dealkylation sites (tertiary alicyclic amines) is 1. The highest BCUT2D eigenvalue weighted by molar-refractivity contribution is 6.05. The van der Waals surface area contributed by atoms with Gasteiger partial charge < -0.3 is 14.6 Å². The second kappa shape index (κ2) is 9.60. The molecule has 1 atom stereocenters. The van der Waals surface area contributed by atoms with E-state index in [2.05, 4.69) is 24.0 Å². The summed E-state index contributed by atoms with van der Waals surface area (Å²) in [5.74, 6) is -0.0601. The predicted molar refractivity (Wildman–Crippen MR) is 126 cm³/mol. The zero-order valence-electron chi connectivity index (χ0n) is 19.0. The van der Waals surface area contributed by atoms with Crippen LogP contribution in [-0.4, -0.2) is 34.9 Å². The summed E-state index contributed by atoms with van der Waals surface area (Å²) in [6.45, 7) is 5.73.